The molecule has 0 aromatic heterocycles. The molecule has 4 aliphatic carbocycles. The molecule has 3 saturated carbocycles. The van der Waals surface area contributed by atoms with E-state index in [9.17, 15) is 33.9 Å². The van der Waals surface area contributed by atoms with E-state index in [1.54, 1.807) is 0 Å². The summed E-state index contributed by atoms with van der Waals surface area (Å²) in [6.45, 7) is 24.3. The molecule has 1 N–H and O–H groups in total. The minimum absolute atomic E-state index is 0.00667. The summed E-state index contributed by atoms with van der Waals surface area (Å²) >= 11 is 0. The van der Waals surface area contributed by atoms with Crippen LogP contribution in [-0.2, 0) is 47.7 Å². The van der Waals surface area contributed by atoms with E-state index in [1.165, 1.54) is 153 Å². The fourth-order valence-electron chi connectivity index (χ4n) is 18.0. The van der Waals surface area contributed by atoms with Crippen molar-refractivity contribution in [1.82, 2.24) is 9.80 Å². The van der Waals surface area contributed by atoms with Crippen molar-refractivity contribution in [1.29, 1.82) is 0 Å². The second kappa shape index (κ2) is 50.8. The molecule has 0 saturated heterocycles. The van der Waals surface area contributed by atoms with Crippen LogP contribution in [0.15, 0.2) is 11.6 Å². The summed E-state index contributed by atoms with van der Waals surface area (Å²) in [7, 11) is 0. The predicted octanol–water partition coefficient (Wildman–Crippen LogP) is 21.5. The molecule has 0 aliphatic heterocycles. The van der Waals surface area contributed by atoms with Crippen molar-refractivity contribution >= 4 is 35.8 Å². The lowest BCUT2D eigenvalue weighted by molar-refractivity contribution is -0.157. The number of amides is 1. The number of esters is 4. The molecule has 0 aromatic rings. The van der Waals surface area contributed by atoms with Gasteiger partial charge < -0.3 is 33.9 Å². The van der Waals surface area contributed by atoms with Crippen molar-refractivity contribution < 1.29 is 52.8 Å². The van der Waals surface area contributed by atoms with Gasteiger partial charge in [-0.3, -0.25) is 28.8 Å². The number of rotatable bonds is 59. The Morgan fingerprint density at radius 3 is 1.52 bits per heavy atom. The van der Waals surface area contributed by atoms with E-state index in [4.69, 9.17) is 18.9 Å². The number of carboxylic acid groups (broad SMARTS) is 1. The van der Waals surface area contributed by atoms with Crippen molar-refractivity contribution in [2.24, 2.45) is 58.2 Å². The van der Waals surface area contributed by atoms with Gasteiger partial charge in [0.25, 0.3) is 0 Å². The van der Waals surface area contributed by atoms with Crippen LogP contribution in [0.5, 0.6) is 0 Å². The molecule has 0 bridgehead atoms. The zero-order valence-corrected chi connectivity index (χ0v) is 64.3. The Labute approximate surface area is 594 Å². The number of carboxylic acids is 1. The second-order valence-electron chi connectivity index (χ2n) is 32.3. The maximum atomic E-state index is 13.5. The first kappa shape index (κ1) is 85.9. The standard InChI is InChI=1S/C84H150N2O11/c1-10-14-18-22-24-32-46-69(44-30-20-16-12-3)81(92)95-62-37-28-26-34-58-85(59-35-27-29-38-63-96-82(93)70(45-31-21-17-13-4)47-33-25-23-19-15-11-2)60-36-39-61-94-79(90)49-41-48-77(87)86(65-78(88)89)66-80(91)97-72-54-56-83(8)71(64-72)50-51-73-75-53-52-74(68(7)43-40-42-67(5)6)84(75,9)57-55-76(73)83/h50,67-70,72-76H,10-49,51-66H2,1-9H3,(H,88,89)/t68-,69?,70?,72+,73+,74-,75+,76+,83+,84-/m1/s1. The zero-order valence-electron chi connectivity index (χ0n) is 64.3. The number of aliphatic carboxylic acids is 1. The highest BCUT2D eigenvalue weighted by molar-refractivity contribution is 5.86. The first-order valence-electron chi connectivity index (χ1n) is 41.5. The Morgan fingerprint density at radius 1 is 0.495 bits per heavy atom. The third-order valence-corrected chi connectivity index (χ3v) is 24.0. The Kier molecular flexibility index (Phi) is 45.0. The van der Waals surface area contributed by atoms with E-state index in [0.717, 1.165) is 177 Å². The maximum Gasteiger partial charge on any atom is 0.325 e. The molecular formula is C84H150N2O11. The lowest BCUT2D eigenvalue weighted by Crippen LogP contribution is -2.51. The monoisotopic (exact) mass is 1360 g/mol. The molecule has 562 valence electrons. The van der Waals surface area contributed by atoms with Gasteiger partial charge in [-0.15, -0.1) is 0 Å². The predicted molar refractivity (Wildman–Crippen MR) is 397 cm³/mol. The number of carbonyl (C=O) groups excluding carboxylic acids is 5. The van der Waals surface area contributed by atoms with Crippen molar-refractivity contribution in [2.45, 2.75) is 377 Å². The van der Waals surface area contributed by atoms with Gasteiger partial charge in [-0.25, -0.2) is 0 Å². The molecule has 13 nitrogen and oxygen atoms in total. The summed E-state index contributed by atoms with van der Waals surface area (Å²) in [5, 5.41) is 9.77. The van der Waals surface area contributed by atoms with E-state index in [0.29, 0.717) is 43.3 Å². The van der Waals surface area contributed by atoms with Crippen LogP contribution >= 0.6 is 0 Å². The molecule has 10 atom stereocenters. The van der Waals surface area contributed by atoms with Crippen molar-refractivity contribution in [3.63, 3.8) is 0 Å². The molecule has 13 heteroatoms. The van der Waals surface area contributed by atoms with Crippen LogP contribution in [0.3, 0.4) is 0 Å². The van der Waals surface area contributed by atoms with Crippen LogP contribution in [0, 0.1) is 58.2 Å². The smallest absolute Gasteiger partial charge is 0.325 e. The fourth-order valence-corrected chi connectivity index (χ4v) is 18.0. The SMILES string of the molecule is CCCCCCCCC(CCCCCC)C(=O)OCCCCCCN(CCCCCCOC(=O)C(CCCCCC)CCCCCCCC)CCCCOC(=O)CCCC(=O)N(CC(=O)O)CC(=O)O[C@H]1CC[C@@]2(C)C(=CC[C@H]3[C@@H]4CC[C@H]([C@H](C)CCCC(C)C)[C@@]4(C)CC[C@@H]32)C1. The van der Waals surface area contributed by atoms with Crippen LogP contribution in [-0.4, -0.2) is 109 Å². The Morgan fingerprint density at radius 2 is 0.979 bits per heavy atom. The van der Waals surface area contributed by atoms with Gasteiger partial charge in [-0.05, 0) is 182 Å². The lowest BCUT2D eigenvalue weighted by Gasteiger charge is -2.58. The molecule has 0 heterocycles. The number of nitrogens with zero attached hydrogens (tertiary/aromatic N) is 2. The van der Waals surface area contributed by atoms with Gasteiger partial charge in [-0.2, -0.15) is 0 Å². The summed E-state index contributed by atoms with van der Waals surface area (Å²) < 4.78 is 23.5. The first-order chi connectivity index (χ1) is 46.9. The summed E-state index contributed by atoms with van der Waals surface area (Å²) in [6.07, 6.45) is 52.7. The van der Waals surface area contributed by atoms with Crippen LogP contribution in [0.25, 0.3) is 0 Å². The Hall–Kier alpha value is -3.48. The molecule has 2 unspecified atom stereocenters. The third kappa shape index (κ3) is 33.5. The van der Waals surface area contributed by atoms with E-state index in [2.05, 4.69) is 73.3 Å². The summed E-state index contributed by atoms with van der Waals surface area (Å²) in [4.78, 5) is 82.1. The highest BCUT2D eigenvalue weighted by atomic mass is 16.5. The normalized spacial score (nSPS) is 22.3. The fraction of sp³-hybridized carbons (Fsp3) is 0.905. The molecule has 1 amide bonds. The number of hydrogen-bond donors (Lipinski definition) is 1. The summed E-state index contributed by atoms with van der Waals surface area (Å²) in [5.41, 5.74) is 1.93. The molecule has 0 spiro atoms. The molecule has 0 aromatic carbocycles. The van der Waals surface area contributed by atoms with E-state index in [-0.39, 0.29) is 61.2 Å². The van der Waals surface area contributed by atoms with Gasteiger partial charge in [0.15, 0.2) is 0 Å². The highest BCUT2D eigenvalue weighted by Gasteiger charge is 2.59. The van der Waals surface area contributed by atoms with E-state index < -0.39 is 36.9 Å². The van der Waals surface area contributed by atoms with Gasteiger partial charge >= 0.3 is 29.8 Å². The van der Waals surface area contributed by atoms with Gasteiger partial charge in [-0.1, -0.05) is 247 Å². The molecule has 3 fully saturated rings. The van der Waals surface area contributed by atoms with Gasteiger partial charge in [0.1, 0.15) is 19.2 Å². The minimum Gasteiger partial charge on any atom is -0.480 e. The van der Waals surface area contributed by atoms with E-state index >= 15 is 0 Å². The van der Waals surface area contributed by atoms with Crippen molar-refractivity contribution in [3.05, 3.63) is 11.6 Å². The van der Waals surface area contributed by atoms with Crippen LogP contribution in [0.1, 0.15) is 371 Å². The van der Waals surface area contributed by atoms with Gasteiger partial charge in [0.2, 0.25) is 5.91 Å². The Balaban J connectivity index is 1.19. The second-order valence-corrected chi connectivity index (χ2v) is 32.3. The number of ether oxygens (including phenoxy) is 4. The number of unbranched alkanes of at least 4 members (excludes halogenated alkanes) is 23. The molecule has 4 aliphatic rings. The largest absolute Gasteiger partial charge is 0.480 e. The number of hydrogen-bond acceptors (Lipinski definition) is 11. The first-order valence-corrected chi connectivity index (χ1v) is 41.5. The highest BCUT2D eigenvalue weighted by Crippen LogP contribution is 2.67. The van der Waals surface area contributed by atoms with Crippen LogP contribution in [0.4, 0.5) is 0 Å². The molecule has 0 radical (unpaired) electrons. The van der Waals surface area contributed by atoms with Crippen LogP contribution in [0.2, 0.25) is 0 Å². The quantitative estimate of drug-likeness (QED) is 0.0265. The lowest BCUT2D eigenvalue weighted by atomic mass is 9.47. The van der Waals surface area contributed by atoms with Crippen molar-refractivity contribution in [3.8, 4) is 0 Å². The van der Waals surface area contributed by atoms with Crippen LogP contribution < -0.4 is 0 Å². The number of allylic oxidation sites excluding steroid dienone is 1. The summed E-state index contributed by atoms with van der Waals surface area (Å²) in [6, 6.07) is 0. The molecule has 97 heavy (non-hydrogen) atoms. The van der Waals surface area contributed by atoms with Crippen molar-refractivity contribution in [2.75, 3.05) is 52.5 Å². The Bertz CT molecular complexity index is 2120. The van der Waals surface area contributed by atoms with Gasteiger partial charge in [0, 0.05) is 19.3 Å². The number of carbonyl (C=O) groups is 6. The average molecular weight is 1360 g/mol. The summed E-state index contributed by atoms with van der Waals surface area (Å²) in [5.74, 6) is 1.86. The zero-order chi connectivity index (χ0) is 70.5. The topological polar surface area (TPSA) is 166 Å². The minimum atomic E-state index is -1.21. The van der Waals surface area contributed by atoms with Gasteiger partial charge in [0.05, 0.1) is 31.7 Å². The third-order valence-electron chi connectivity index (χ3n) is 24.0. The average Bonchev–Trinajstić information content (AvgIpc) is 1.70. The maximum absolute atomic E-state index is 13.5. The molecule has 4 rings (SSSR count). The molecular weight excluding hydrogens is 1210 g/mol. The van der Waals surface area contributed by atoms with E-state index in [1.807, 2.05) is 0 Å². The number of fused-ring (bicyclic) bond motifs is 5.